The van der Waals surface area contributed by atoms with E-state index in [0.29, 0.717) is 0 Å². The molecule has 2 nitrogen and oxygen atoms in total. The Bertz CT molecular complexity index is 327. The Labute approximate surface area is 90.9 Å². The van der Waals surface area contributed by atoms with Gasteiger partial charge >= 0.3 is 5.97 Å². The molecule has 0 aliphatic heterocycles. The molecule has 0 saturated carbocycles. The minimum atomic E-state index is -0.720. The molecule has 15 heavy (non-hydrogen) atoms. The largest absolute Gasteiger partial charge is 0.481 e. The highest BCUT2D eigenvalue weighted by Crippen LogP contribution is 2.28. The van der Waals surface area contributed by atoms with Crippen LogP contribution in [-0.2, 0) is 4.79 Å². The number of aliphatic carboxylic acids is 1. The first-order chi connectivity index (χ1) is 7.06. The summed E-state index contributed by atoms with van der Waals surface area (Å²) in [4.78, 5) is 10.9. The van der Waals surface area contributed by atoms with Gasteiger partial charge in [0.15, 0.2) is 0 Å². The van der Waals surface area contributed by atoms with Crippen molar-refractivity contribution < 1.29 is 9.90 Å². The Balaban J connectivity index is 2.92. The van der Waals surface area contributed by atoms with Crippen molar-refractivity contribution in [2.45, 2.75) is 33.1 Å². The maximum Gasteiger partial charge on any atom is 0.306 e. The van der Waals surface area contributed by atoms with E-state index in [1.54, 1.807) is 6.92 Å². The summed E-state index contributed by atoms with van der Waals surface area (Å²) in [6, 6.07) is 8.13. The van der Waals surface area contributed by atoms with E-state index in [2.05, 4.69) is 0 Å². The standard InChI is InChI=1S/C13H18O2/c1-4-12(10(3)13(14)15)11-7-5-9(2)6-8-11/h5-8,10,12H,4H2,1-3H3,(H,14,15)/t10-,12?/m0/s1. The van der Waals surface area contributed by atoms with Gasteiger partial charge in [-0.05, 0) is 24.8 Å². The Morgan fingerprint density at radius 2 is 1.87 bits per heavy atom. The van der Waals surface area contributed by atoms with Gasteiger partial charge in [0, 0.05) is 0 Å². The summed E-state index contributed by atoms with van der Waals surface area (Å²) in [5.74, 6) is -0.928. The zero-order valence-corrected chi connectivity index (χ0v) is 9.53. The fraction of sp³-hybridized carbons (Fsp3) is 0.462. The second kappa shape index (κ2) is 4.96. The van der Waals surface area contributed by atoms with Crippen LogP contribution in [0.15, 0.2) is 24.3 Å². The average molecular weight is 206 g/mol. The quantitative estimate of drug-likeness (QED) is 0.821. The summed E-state index contributed by atoms with van der Waals surface area (Å²) < 4.78 is 0. The van der Waals surface area contributed by atoms with Crippen LogP contribution < -0.4 is 0 Å². The third kappa shape index (κ3) is 2.82. The van der Waals surface area contributed by atoms with Crippen LogP contribution in [0.25, 0.3) is 0 Å². The normalized spacial score (nSPS) is 14.6. The van der Waals surface area contributed by atoms with Crippen LogP contribution in [0.3, 0.4) is 0 Å². The molecule has 0 radical (unpaired) electrons. The smallest absolute Gasteiger partial charge is 0.306 e. The Morgan fingerprint density at radius 1 is 1.33 bits per heavy atom. The molecule has 0 aromatic heterocycles. The molecule has 0 heterocycles. The van der Waals surface area contributed by atoms with Gasteiger partial charge in [0.1, 0.15) is 0 Å². The van der Waals surface area contributed by atoms with Crippen molar-refractivity contribution in [1.82, 2.24) is 0 Å². The lowest BCUT2D eigenvalue weighted by Gasteiger charge is -2.19. The Hall–Kier alpha value is -1.31. The van der Waals surface area contributed by atoms with E-state index in [1.165, 1.54) is 5.56 Å². The molecule has 0 fully saturated rings. The predicted molar refractivity (Wildman–Crippen MR) is 61.0 cm³/mol. The maximum atomic E-state index is 10.9. The minimum absolute atomic E-state index is 0.114. The molecule has 0 aliphatic rings. The molecular weight excluding hydrogens is 188 g/mol. The van der Waals surface area contributed by atoms with E-state index in [0.717, 1.165) is 12.0 Å². The monoisotopic (exact) mass is 206 g/mol. The minimum Gasteiger partial charge on any atom is -0.481 e. The van der Waals surface area contributed by atoms with Crippen molar-refractivity contribution in [3.63, 3.8) is 0 Å². The van der Waals surface area contributed by atoms with Crippen molar-refractivity contribution in [2.24, 2.45) is 5.92 Å². The van der Waals surface area contributed by atoms with Gasteiger partial charge in [-0.3, -0.25) is 4.79 Å². The molecule has 1 N–H and O–H groups in total. The first-order valence-corrected chi connectivity index (χ1v) is 5.35. The second-order valence-electron chi connectivity index (χ2n) is 4.05. The van der Waals surface area contributed by atoms with Crippen LogP contribution in [0.2, 0.25) is 0 Å². The van der Waals surface area contributed by atoms with Crippen molar-refractivity contribution in [2.75, 3.05) is 0 Å². The first kappa shape index (κ1) is 11.8. The van der Waals surface area contributed by atoms with Gasteiger partial charge in [-0.2, -0.15) is 0 Å². The van der Waals surface area contributed by atoms with Gasteiger partial charge < -0.3 is 5.11 Å². The van der Waals surface area contributed by atoms with Crippen LogP contribution in [0.5, 0.6) is 0 Å². The molecular formula is C13H18O2. The maximum absolute atomic E-state index is 10.9. The molecule has 0 spiro atoms. The van der Waals surface area contributed by atoms with Gasteiger partial charge in [-0.1, -0.05) is 43.7 Å². The third-order valence-electron chi connectivity index (χ3n) is 2.94. The fourth-order valence-electron chi connectivity index (χ4n) is 1.86. The molecule has 1 aromatic carbocycles. The number of carbonyl (C=O) groups is 1. The third-order valence-corrected chi connectivity index (χ3v) is 2.94. The molecule has 2 atom stereocenters. The van der Waals surface area contributed by atoms with Crippen LogP contribution in [0, 0.1) is 12.8 Å². The van der Waals surface area contributed by atoms with E-state index in [4.69, 9.17) is 5.11 Å². The van der Waals surface area contributed by atoms with Crippen LogP contribution in [0.4, 0.5) is 0 Å². The van der Waals surface area contributed by atoms with E-state index >= 15 is 0 Å². The SMILES string of the molecule is CCC(c1ccc(C)cc1)[C@H](C)C(=O)O. The van der Waals surface area contributed by atoms with Gasteiger partial charge in [0.2, 0.25) is 0 Å². The summed E-state index contributed by atoms with van der Waals surface area (Å²) in [5, 5.41) is 9.00. The van der Waals surface area contributed by atoms with E-state index < -0.39 is 5.97 Å². The van der Waals surface area contributed by atoms with Gasteiger partial charge in [0.05, 0.1) is 5.92 Å². The summed E-state index contributed by atoms with van der Waals surface area (Å²) in [7, 11) is 0. The number of benzene rings is 1. The molecule has 0 amide bonds. The Kier molecular flexibility index (Phi) is 3.89. The van der Waals surface area contributed by atoms with Crippen LogP contribution in [0.1, 0.15) is 37.3 Å². The first-order valence-electron chi connectivity index (χ1n) is 5.35. The lowest BCUT2D eigenvalue weighted by atomic mass is 9.85. The summed E-state index contributed by atoms with van der Waals surface area (Å²) >= 11 is 0. The summed E-state index contributed by atoms with van der Waals surface area (Å²) in [6.45, 7) is 5.84. The molecule has 0 saturated heterocycles. The molecule has 2 heteroatoms. The number of carboxylic acids is 1. The van der Waals surface area contributed by atoms with Gasteiger partial charge in [0.25, 0.3) is 0 Å². The van der Waals surface area contributed by atoms with Crippen molar-refractivity contribution in [3.05, 3.63) is 35.4 Å². The molecule has 0 bridgehead atoms. The van der Waals surface area contributed by atoms with E-state index in [-0.39, 0.29) is 11.8 Å². The molecule has 1 rings (SSSR count). The highest BCUT2D eigenvalue weighted by molar-refractivity contribution is 5.70. The van der Waals surface area contributed by atoms with Gasteiger partial charge in [-0.25, -0.2) is 0 Å². The highest BCUT2D eigenvalue weighted by atomic mass is 16.4. The van der Waals surface area contributed by atoms with Crippen molar-refractivity contribution in [1.29, 1.82) is 0 Å². The molecule has 82 valence electrons. The zero-order valence-electron chi connectivity index (χ0n) is 9.53. The van der Waals surface area contributed by atoms with E-state index in [9.17, 15) is 4.79 Å². The molecule has 1 unspecified atom stereocenters. The summed E-state index contributed by atoms with van der Waals surface area (Å²) in [6.07, 6.45) is 0.858. The number of hydrogen-bond acceptors (Lipinski definition) is 1. The summed E-state index contributed by atoms with van der Waals surface area (Å²) in [5.41, 5.74) is 2.33. The van der Waals surface area contributed by atoms with Crippen LogP contribution in [-0.4, -0.2) is 11.1 Å². The highest BCUT2D eigenvalue weighted by Gasteiger charge is 2.23. The van der Waals surface area contributed by atoms with E-state index in [1.807, 2.05) is 38.1 Å². The topological polar surface area (TPSA) is 37.3 Å². The lowest BCUT2D eigenvalue weighted by molar-refractivity contribution is -0.141. The predicted octanol–water partition coefficient (Wildman–Crippen LogP) is 3.21. The average Bonchev–Trinajstić information content (AvgIpc) is 2.21. The molecule has 0 aliphatic carbocycles. The number of rotatable bonds is 4. The number of carboxylic acid groups (broad SMARTS) is 1. The Morgan fingerprint density at radius 3 is 2.27 bits per heavy atom. The lowest BCUT2D eigenvalue weighted by Crippen LogP contribution is -2.18. The van der Waals surface area contributed by atoms with Gasteiger partial charge in [-0.15, -0.1) is 0 Å². The van der Waals surface area contributed by atoms with Crippen LogP contribution >= 0.6 is 0 Å². The molecule has 1 aromatic rings. The zero-order chi connectivity index (χ0) is 11.4. The number of hydrogen-bond donors (Lipinski definition) is 1. The number of aryl methyl sites for hydroxylation is 1. The van der Waals surface area contributed by atoms with Crippen molar-refractivity contribution in [3.8, 4) is 0 Å². The fourth-order valence-corrected chi connectivity index (χ4v) is 1.86. The van der Waals surface area contributed by atoms with Crippen molar-refractivity contribution >= 4 is 5.97 Å². The second-order valence-corrected chi connectivity index (χ2v) is 4.05.